The first-order valence-electron chi connectivity index (χ1n) is 6.93. The van der Waals surface area contributed by atoms with Gasteiger partial charge in [-0.15, -0.1) is 0 Å². The molecule has 0 saturated carbocycles. The van der Waals surface area contributed by atoms with Crippen molar-refractivity contribution in [3.63, 3.8) is 0 Å². The van der Waals surface area contributed by atoms with E-state index >= 15 is 0 Å². The summed E-state index contributed by atoms with van der Waals surface area (Å²) in [6, 6.07) is 6.10. The third-order valence-corrected chi connectivity index (χ3v) is 3.93. The quantitative estimate of drug-likeness (QED) is 0.821. The highest BCUT2D eigenvalue weighted by Gasteiger charge is 2.27. The average Bonchev–Trinajstić information content (AvgIpc) is 2.74. The standard InChI is InChI=1S/C15H20N2O2/c1-12-2-3-14-13(10-12)11-17(15(14)18)5-4-16-6-8-19-9-7-16/h2-3,10H,4-9,11H2,1H3. The zero-order chi connectivity index (χ0) is 13.2. The van der Waals surface area contributed by atoms with E-state index < -0.39 is 0 Å². The van der Waals surface area contributed by atoms with Crippen LogP contribution >= 0.6 is 0 Å². The SMILES string of the molecule is Cc1ccc2c(c1)CN(CCN1CCOCC1)C2=O. The van der Waals surface area contributed by atoms with Crippen LogP contribution in [0.15, 0.2) is 18.2 Å². The first-order chi connectivity index (χ1) is 9.24. The summed E-state index contributed by atoms with van der Waals surface area (Å²) in [5, 5.41) is 0. The molecule has 0 N–H and O–H groups in total. The second-order valence-corrected chi connectivity index (χ2v) is 5.34. The topological polar surface area (TPSA) is 32.8 Å². The van der Waals surface area contributed by atoms with E-state index in [1.54, 1.807) is 0 Å². The first kappa shape index (κ1) is 12.6. The molecule has 2 aliphatic heterocycles. The molecule has 0 atom stereocenters. The van der Waals surface area contributed by atoms with E-state index in [0.29, 0.717) is 0 Å². The van der Waals surface area contributed by atoms with Gasteiger partial charge in [0.15, 0.2) is 0 Å². The molecule has 0 spiro atoms. The lowest BCUT2D eigenvalue weighted by Crippen LogP contribution is -2.41. The molecular weight excluding hydrogens is 240 g/mol. The lowest BCUT2D eigenvalue weighted by Gasteiger charge is -2.28. The molecular formula is C15H20N2O2. The Kier molecular flexibility index (Phi) is 3.53. The number of carbonyl (C=O) groups is 1. The lowest BCUT2D eigenvalue weighted by molar-refractivity contribution is 0.0327. The van der Waals surface area contributed by atoms with Gasteiger partial charge in [0.25, 0.3) is 5.91 Å². The molecule has 3 rings (SSSR count). The van der Waals surface area contributed by atoms with E-state index in [1.165, 1.54) is 11.1 Å². The predicted molar refractivity (Wildman–Crippen MR) is 73.2 cm³/mol. The molecule has 1 amide bonds. The van der Waals surface area contributed by atoms with Crippen molar-refractivity contribution in [3.8, 4) is 0 Å². The molecule has 0 aromatic heterocycles. The van der Waals surface area contributed by atoms with Gasteiger partial charge in [-0.05, 0) is 18.6 Å². The van der Waals surface area contributed by atoms with Crippen molar-refractivity contribution in [3.05, 3.63) is 34.9 Å². The van der Waals surface area contributed by atoms with Crippen molar-refractivity contribution in [1.29, 1.82) is 0 Å². The maximum Gasteiger partial charge on any atom is 0.254 e. The highest BCUT2D eigenvalue weighted by atomic mass is 16.5. The first-order valence-corrected chi connectivity index (χ1v) is 6.93. The lowest BCUT2D eigenvalue weighted by atomic mass is 10.1. The van der Waals surface area contributed by atoms with E-state index in [1.807, 2.05) is 17.0 Å². The number of morpholine rings is 1. The fraction of sp³-hybridized carbons (Fsp3) is 0.533. The molecule has 1 aromatic rings. The Balaban J connectivity index is 1.60. The molecule has 0 radical (unpaired) electrons. The van der Waals surface area contributed by atoms with E-state index in [-0.39, 0.29) is 5.91 Å². The van der Waals surface area contributed by atoms with Gasteiger partial charge in [0.05, 0.1) is 13.2 Å². The smallest absolute Gasteiger partial charge is 0.254 e. The van der Waals surface area contributed by atoms with E-state index in [2.05, 4.69) is 17.9 Å². The van der Waals surface area contributed by atoms with Crippen molar-refractivity contribution < 1.29 is 9.53 Å². The Morgan fingerprint density at radius 2 is 2.00 bits per heavy atom. The Morgan fingerprint density at radius 3 is 2.79 bits per heavy atom. The maximum atomic E-state index is 12.3. The van der Waals surface area contributed by atoms with E-state index in [4.69, 9.17) is 4.74 Å². The van der Waals surface area contributed by atoms with Crippen molar-refractivity contribution in [2.24, 2.45) is 0 Å². The van der Waals surface area contributed by atoms with E-state index in [0.717, 1.165) is 51.5 Å². The number of hydrogen-bond donors (Lipinski definition) is 0. The Bertz CT molecular complexity index is 481. The zero-order valence-corrected chi connectivity index (χ0v) is 11.4. The van der Waals surface area contributed by atoms with Gasteiger partial charge in [0, 0.05) is 38.3 Å². The number of fused-ring (bicyclic) bond motifs is 1. The third-order valence-electron chi connectivity index (χ3n) is 3.93. The number of carbonyl (C=O) groups excluding carboxylic acids is 1. The minimum atomic E-state index is 0.184. The van der Waals surface area contributed by atoms with Gasteiger partial charge in [-0.25, -0.2) is 0 Å². The zero-order valence-electron chi connectivity index (χ0n) is 11.4. The van der Waals surface area contributed by atoms with Gasteiger partial charge >= 0.3 is 0 Å². The second kappa shape index (κ2) is 5.31. The molecule has 0 unspecified atom stereocenters. The molecule has 1 aromatic carbocycles. The van der Waals surface area contributed by atoms with Crippen LogP contribution in [-0.4, -0.2) is 55.1 Å². The average molecular weight is 260 g/mol. The van der Waals surface area contributed by atoms with Gasteiger partial charge in [0.1, 0.15) is 0 Å². The second-order valence-electron chi connectivity index (χ2n) is 5.34. The number of ether oxygens (including phenoxy) is 1. The van der Waals surface area contributed by atoms with Crippen LogP contribution < -0.4 is 0 Å². The summed E-state index contributed by atoms with van der Waals surface area (Å²) in [7, 11) is 0. The predicted octanol–water partition coefficient (Wildman–Crippen LogP) is 1.28. The molecule has 1 saturated heterocycles. The van der Waals surface area contributed by atoms with Gasteiger partial charge in [-0.1, -0.05) is 17.7 Å². The highest BCUT2D eigenvalue weighted by Crippen LogP contribution is 2.23. The van der Waals surface area contributed by atoms with Crippen LogP contribution in [0.1, 0.15) is 21.5 Å². The molecule has 4 heteroatoms. The molecule has 0 bridgehead atoms. The maximum absolute atomic E-state index is 12.3. The van der Waals surface area contributed by atoms with Crippen LogP contribution in [0.2, 0.25) is 0 Å². The van der Waals surface area contributed by atoms with Crippen LogP contribution in [0.4, 0.5) is 0 Å². The van der Waals surface area contributed by atoms with Gasteiger partial charge < -0.3 is 9.64 Å². The summed E-state index contributed by atoms with van der Waals surface area (Å²) in [6.45, 7) is 8.18. The number of benzene rings is 1. The summed E-state index contributed by atoms with van der Waals surface area (Å²) < 4.78 is 5.33. The molecule has 19 heavy (non-hydrogen) atoms. The van der Waals surface area contributed by atoms with Gasteiger partial charge in [0.2, 0.25) is 0 Å². The van der Waals surface area contributed by atoms with Crippen LogP contribution in [0, 0.1) is 6.92 Å². The van der Waals surface area contributed by atoms with Crippen molar-refractivity contribution in [1.82, 2.24) is 9.80 Å². The van der Waals surface area contributed by atoms with Crippen molar-refractivity contribution >= 4 is 5.91 Å². The monoisotopic (exact) mass is 260 g/mol. The number of nitrogens with zero attached hydrogens (tertiary/aromatic N) is 2. The summed E-state index contributed by atoms with van der Waals surface area (Å²) in [4.78, 5) is 16.6. The normalized spacial score (nSPS) is 19.8. The third kappa shape index (κ3) is 2.65. The minimum absolute atomic E-state index is 0.184. The highest BCUT2D eigenvalue weighted by molar-refractivity contribution is 5.98. The molecule has 102 valence electrons. The van der Waals surface area contributed by atoms with Crippen LogP contribution in [0.25, 0.3) is 0 Å². The number of hydrogen-bond acceptors (Lipinski definition) is 3. The van der Waals surface area contributed by atoms with E-state index in [9.17, 15) is 4.79 Å². The van der Waals surface area contributed by atoms with Crippen molar-refractivity contribution in [2.75, 3.05) is 39.4 Å². The van der Waals surface area contributed by atoms with Crippen LogP contribution in [0.3, 0.4) is 0 Å². The largest absolute Gasteiger partial charge is 0.379 e. The minimum Gasteiger partial charge on any atom is -0.379 e. The molecule has 0 aliphatic carbocycles. The summed E-state index contributed by atoms with van der Waals surface area (Å²) in [5.41, 5.74) is 3.28. The Morgan fingerprint density at radius 1 is 1.21 bits per heavy atom. The van der Waals surface area contributed by atoms with Gasteiger partial charge in [-0.2, -0.15) is 0 Å². The molecule has 2 heterocycles. The fourth-order valence-electron chi connectivity index (χ4n) is 2.78. The fourth-order valence-corrected chi connectivity index (χ4v) is 2.78. The molecule has 2 aliphatic rings. The Labute approximate surface area is 113 Å². The number of rotatable bonds is 3. The van der Waals surface area contributed by atoms with Crippen molar-refractivity contribution in [2.45, 2.75) is 13.5 Å². The Hall–Kier alpha value is -1.39. The summed E-state index contributed by atoms with van der Waals surface area (Å²) in [5.74, 6) is 0.184. The summed E-state index contributed by atoms with van der Waals surface area (Å²) >= 11 is 0. The van der Waals surface area contributed by atoms with Gasteiger partial charge in [-0.3, -0.25) is 9.69 Å². The molecule has 1 fully saturated rings. The number of amides is 1. The molecule has 4 nitrogen and oxygen atoms in total. The van der Waals surface area contributed by atoms with Crippen LogP contribution in [-0.2, 0) is 11.3 Å². The summed E-state index contributed by atoms with van der Waals surface area (Å²) in [6.07, 6.45) is 0. The number of aryl methyl sites for hydroxylation is 1. The van der Waals surface area contributed by atoms with Crippen LogP contribution in [0.5, 0.6) is 0 Å².